The maximum absolute atomic E-state index is 13.0. The molecule has 0 aliphatic carbocycles. The monoisotopic (exact) mass is 850 g/mol. The zero-order valence-corrected chi connectivity index (χ0v) is 32.8. The SMILES string of the molecule is CCOC(=O)CN(CCc1cccc(Br)c1)S(=O)(=O)c1ccc(C)cc1.Cc1ccc(S(=O)(=O)N(CCc2cccc(Br)c2)CC(=O)O)cc1. The van der Waals surface area contributed by atoms with Crippen LogP contribution in [0.1, 0.15) is 29.2 Å². The van der Waals surface area contributed by atoms with E-state index in [1.165, 1.54) is 16.4 Å². The summed E-state index contributed by atoms with van der Waals surface area (Å²) in [5.41, 5.74) is 3.81. The van der Waals surface area contributed by atoms with Crippen LogP contribution in [0.15, 0.2) is 116 Å². The fraction of sp³-hybridized carbons (Fsp3) is 0.278. The third-order valence-corrected chi connectivity index (χ3v) is 12.0. The number of carbonyl (C=O) groups is 2. The number of ether oxygens (including phenoxy) is 1. The summed E-state index contributed by atoms with van der Waals surface area (Å²) in [5.74, 6) is -1.74. The minimum absolute atomic E-state index is 0.0962. The molecule has 0 bridgehead atoms. The van der Waals surface area contributed by atoms with Gasteiger partial charge in [-0.25, -0.2) is 16.8 Å². The van der Waals surface area contributed by atoms with Crippen molar-refractivity contribution < 1.29 is 36.3 Å². The number of nitrogens with zero attached hydrogens (tertiary/aromatic N) is 2. The van der Waals surface area contributed by atoms with Crippen molar-refractivity contribution in [1.82, 2.24) is 8.61 Å². The molecule has 0 aliphatic rings. The van der Waals surface area contributed by atoms with E-state index < -0.39 is 38.5 Å². The third-order valence-electron chi connectivity index (χ3n) is 7.32. The van der Waals surface area contributed by atoms with Crippen LogP contribution in [-0.2, 0) is 47.2 Å². The van der Waals surface area contributed by atoms with Crippen molar-refractivity contribution in [3.8, 4) is 0 Å². The van der Waals surface area contributed by atoms with E-state index in [9.17, 15) is 26.4 Å². The Morgan fingerprint density at radius 1 is 0.660 bits per heavy atom. The molecule has 0 heterocycles. The lowest BCUT2D eigenvalue weighted by atomic mass is 10.1. The molecule has 50 heavy (non-hydrogen) atoms. The predicted octanol–water partition coefficient (Wildman–Crippen LogP) is 6.63. The molecule has 1 N–H and O–H groups in total. The van der Waals surface area contributed by atoms with E-state index in [1.807, 2.05) is 62.4 Å². The topological polar surface area (TPSA) is 138 Å². The van der Waals surface area contributed by atoms with Gasteiger partial charge in [0.1, 0.15) is 13.1 Å². The highest BCUT2D eigenvalue weighted by Crippen LogP contribution is 2.20. The molecule has 10 nitrogen and oxygen atoms in total. The number of aliphatic carboxylic acids is 1. The third kappa shape index (κ3) is 12.7. The summed E-state index contributed by atoms with van der Waals surface area (Å²) in [6, 6.07) is 28.1. The molecule has 0 radical (unpaired) electrons. The van der Waals surface area contributed by atoms with E-state index in [4.69, 9.17) is 9.84 Å². The van der Waals surface area contributed by atoms with E-state index in [2.05, 4.69) is 31.9 Å². The molecule has 268 valence electrons. The highest BCUT2D eigenvalue weighted by atomic mass is 79.9. The molecule has 0 saturated heterocycles. The Morgan fingerprint density at radius 3 is 1.42 bits per heavy atom. The number of halogens is 2. The smallest absolute Gasteiger partial charge is 0.321 e. The number of benzene rings is 4. The summed E-state index contributed by atoms with van der Waals surface area (Å²) in [6.45, 7) is 5.06. The number of hydrogen-bond acceptors (Lipinski definition) is 7. The maximum atomic E-state index is 13.0. The molecule has 0 unspecified atom stereocenters. The van der Waals surface area contributed by atoms with Crippen molar-refractivity contribution in [3.05, 3.63) is 128 Å². The van der Waals surface area contributed by atoms with Crippen molar-refractivity contribution in [3.63, 3.8) is 0 Å². The highest BCUT2D eigenvalue weighted by Gasteiger charge is 2.28. The van der Waals surface area contributed by atoms with E-state index in [0.29, 0.717) is 12.8 Å². The first-order chi connectivity index (χ1) is 23.6. The van der Waals surface area contributed by atoms with Gasteiger partial charge in [0.05, 0.1) is 16.4 Å². The summed E-state index contributed by atoms with van der Waals surface area (Å²) < 4.78 is 60.3. The lowest BCUT2D eigenvalue weighted by Crippen LogP contribution is -2.38. The van der Waals surface area contributed by atoms with Gasteiger partial charge >= 0.3 is 11.9 Å². The first-order valence-corrected chi connectivity index (χ1v) is 20.1. The molecule has 0 fully saturated rings. The second-order valence-corrected chi connectivity index (χ2v) is 17.0. The van der Waals surface area contributed by atoms with Crippen LogP contribution in [0.25, 0.3) is 0 Å². The average molecular weight is 853 g/mol. The largest absolute Gasteiger partial charge is 0.480 e. The fourth-order valence-corrected chi connectivity index (χ4v) is 8.35. The van der Waals surface area contributed by atoms with Gasteiger partial charge < -0.3 is 9.84 Å². The summed E-state index contributed by atoms with van der Waals surface area (Å²) in [7, 11) is -7.64. The van der Waals surface area contributed by atoms with Crippen LogP contribution in [0, 0.1) is 13.8 Å². The Morgan fingerprint density at radius 2 is 1.06 bits per heavy atom. The predicted molar refractivity (Wildman–Crippen MR) is 200 cm³/mol. The minimum atomic E-state index is -3.85. The second-order valence-electron chi connectivity index (χ2n) is 11.3. The lowest BCUT2D eigenvalue weighted by Gasteiger charge is -2.21. The quantitative estimate of drug-likeness (QED) is 0.132. The number of carboxylic acid groups (broad SMARTS) is 1. The van der Waals surface area contributed by atoms with Crippen molar-refractivity contribution in [2.75, 3.05) is 32.8 Å². The summed E-state index contributed by atoms with van der Waals surface area (Å²) >= 11 is 6.77. The van der Waals surface area contributed by atoms with Gasteiger partial charge in [-0.1, -0.05) is 91.5 Å². The number of carboxylic acids is 1. The molecule has 0 saturated carbocycles. The van der Waals surface area contributed by atoms with Crippen LogP contribution in [0.2, 0.25) is 0 Å². The van der Waals surface area contributed by atoms with Crippen molar-refractivity contribution in [2.24, 2.45) is 0 Å². The molecular weight excluding hydrogens is 812 g/mol. The molecule has 4 rings (SSSR count). The van der Waals surface area contributed by atoms with Gasteiger partial charge in [0.15, 0.2) is 0 Å². The zero-order chi connectivity index (χ0) is 36.9. The second kappa shape index (κ2) is 19.3. The van der Waals surface area contributed by atoms with Crippen LogP contribution in [-0.4, -0.2) is 75.3 Å². The van der Waals surface area contributed by atoms with E-state index in [1.54, 1.807) is 43.3 Å². The van der Waals surface area contributed by atoms with E-state index in [-0.39, 0.29) is 36.0 Å². The molecule has 0 aromatic heterocycles. The van der Waals surface area contributed by atoms with Gasteiger partial charge in [0, 0.05) is 22.0 Å². The van der Waals surface area contributed by atoms with Crippen LogP contribution in [0.5, 0.6) is 0 Å². The van der Waals surface area contributed by atoms with Crippen LogP contribution in [0.4, 0.5) is 0 Å². The van der Waals surface area contributed by atoms with Crippen LogP contribution >= 0.6 is 31.9 Å². The molecule has 0 aliphatic heterocycles. The average Bonchev–Trinajstić information content (AvgIpc) is 3.05. The minimum Gasteiger partial charge on any atom is -0.480 e. The number of esters is 1. The van der Waals surface area contributed by atoms with Crippen LogP contribution in [0.3, 0.4) is 0 Å². The summed E-state index contributed by atoms with van der Waals surface area (Å²) in [6.07, 6.45) is 0.918. The molecule has 0 atom stereocenters. The summed E-state index contributed by atoms with van der Waals surface area (Å²) in [5, 5.41) is 9.07. The van der Waals surface area contributed by atoms with Crippen molar-refractivity contribution in [2.45, 2.75) is 43.4 Å². The number of hydrogen-bond donors (Lipinski definition) is 1. The molecule has 14 heteroatoms. The first kappa shape index (κ1) is 41.0. The number of rotatable bonds is 15. The van der Waals surface area contributed by atoms with E-state index in [0.717, 1.165) is 35.5 Å². The van der Waals surface area contributed by atoms with Gasteiger partial charge in [-0.2, -0.15) is 8.61 Å². The maximum Gasteiger partial charge on any atom is 0.321 e. The van der Waals surface area contributed by atoms with Crippen molar-refractivity contribution in [1.29, 1.82) is 0 Å². The number of aryl methyl sites for hydroxylation is 2. The standard InChI is InChI=1S/C19H22BrNO4S.C17H18BrNO4S/c1-3-25-19(22)14-21(12-11-16-5-4-6-17(20)13-16)26(23,24)18-9-7-15(2)8-10-18;1-13-5-7-16(8-6-13)24(22,23)19(12-17(20)21)10-9-14-3-2-4-15(18)11-14/h4-10,13H,3,11-12,14H2,1-2H3;2-8,11H,9-10,12H2,1H3,(H,20,21). The molecule has 0 spiro atoms. The number of carbonyl (C=O) groups excluding carboxylic acids is 1. The highest BCUT2D eigenvalue weighted by molar-refractivity contribution is 9.10. The Balaban J connectivity index is 0.000000271. The molecule has 4 aromatic carbocycles. The Hall–Kier alpha value is -3.40. The first-order valence-electron chi connectivity index (χ1n) is 15.6. The summed E-state index contributed by atoms with van der Waals surface area (Å²) in [4.78, 5) is 23.3. The van der Waals surface area contributed by atoms with E-state index >= 15 is 0 Å². The molecule has 4 aromatic rings. The van der Waals surface area contributed by atoms with Crippen LogP contribution < -0.4 is 0 Å². The zero-order valence-electron chi connectivity index (χ0n) is 28.0. The lowest BCUT2D eigenvalue weighted by molar-refractivity contribution is -0.143. The van der Waals surface area contributed by atoms with Gasteiger partial charge in [-0.15, -0.1) is 0 Å². The fourth-order valence-electron chi connectivity index (χ4n) is 4.68. The normalized spacial score (nSPS) is 11.6. The molecule has 0 amide bonds. The Bertz CT molecular complexity index is 1950. The van der Waals surface area contributed by atoms with Gasteiger partial charge in [0.2, 0.25) is 20.0 Å². The van der Waals surface area contributed by atoms with Gasteiger partial charge in [-0.05, 0) is 93.3 Å². The van der Waals surface area contributed by atoms with Crippen molar-refractivity contribution >= 4 is 63.8 Å². The Labute approximate surface area is 311 Å². The number of sulfonamides is 2. The van der Waals surface area contributed by atoms with Gasteiger partial charge in [-0.3, -0.25) is 9.59 Å². The van der Waals surface area contributed by atoms with Gasteiger partial charge in [0.25, 0.3) is 0 Å². The molecular formula is C36H40Br2N2O8S2. The Kier molecular flexibility index (Phi) is 15.8.